The maximum atomic E-state index is 12.6. The lowest BCUT2D eigenvalue weighted by Crippen LogP contribution is -2.40. The predicted molar refractivity (Wildman–Crippen MR) is 102 cm³/mol. The van der Waals surface area contributed by atoms with Crippen molar-refractivity contribution < 1.29 is 4.79 Å². The minimum absolute atomic E-state index is 0.0763. The molecule has 0 atom stereocenters. The van der Waals surface area contributed by atoms with E-state index in [1.165, 1.54) is 43.4 Å². The second-order valence-electron chi connectivity index (χ2n) is 6.51. The number of thiazole rings is 1. The molecule has 0 unspecified atom stereocenters. The van der Waals surface area contributed by atoms with Gasteiger partial charge in [0.05, 0.1) is 11.1 Å². The highest BCUT2D eigenvalue weighted by Gasteiger charge is 2.20. The SMILES string of the molecule is CN(CCN(C)C1CCCCC1)C(=O)c1cnc(-c2cccs2)s1. The molecule has 3 rings (SSSR count). The van der Waals surface area contributed by atoms with Gasteiger partial charge in [-0.1, -0.05) is 25.3 Å². The molecule has 1 aliphatic carbocycles. The Bertz CT molecular complexity index is 647. The Morgan fingerprint density at radius 3 is 2.75 bits per heavy atom. The number of hydrogen-bond acceptors (Lipinski definition) is 5. The molecule has 6 heteroatoms. The second-order valence-corrected chi connectivity index (χ2v) is 8.48. The quantitative estimate of drug-likeness (QED) is 0.771. The number of carbonyl (C=O) groups excluding carboxylic acids is 1. The Morgan fingerprint density at radius 1 is 1.25 bits per heavy atom. The third kappa shape index (κ3) is 4.23. The highest BCUT2D eigenvalue weighted by atomic mass is 32.1. The maximum absolute atomic E-state index is 12.6. The van der Waals surface area contributed by atoms with Crippen molar-refractivity contribution in [3.8, 4) is 9.88 Å². The van der Waals surface area contributed by atoms with E-state index in [4.69, 9.17) is 0 Å². The number of aromatic nitrogens is 1. The molecule has 24 heavy (non-hydrogen) atoms. The van der Waals surface area contributed by atoms with Gasteiger partial charge in [0.15, 0.2) is 0 Å². The Kier molecular flexibility index (Phi) is 6.03. The minimum atomic E-state index is 0.0763. The molecule has 0 spiro atoms. The zero-order valence-corrected chi connectivity index (χ0v) is 16.0. The Hall–Kier alpha value is -1.24. The maximum Gasteiger partial charge on any atom is 0.265 e. The predicted octanol–water partition coefficient (Wildman–Crippen LogP) is 4.21. The van der Waals surface area contributed by atoms with Crippen molar-refractivity contribution in [3.63, 3.8) is 0 Å². The van der Waals surface area contributed by atoms with E-state index in [-0.39, 0.29) is 5.91 Å². The molecule has 4 nitrogen and oxygen atoms in total. The number of carbonyl (C=O) groups is 1. The molecule has 0 saturated heterocycles. The van der Waals surface area contributed by atoms with Crippen LogP contribution in [0.2, 0.25) is 0 Å². The van der Waals surface area contributed by atoms with Crippen LogP contribution in [-0.2, 0) is 0 Å². The summed E-state index contributed by atoms with van der Waals surface area (Å²) in [5, 5.41) is 2.96. The van der Waals surface area contributed by atoms with Crippen LogP contribution in [0.4, 0.5) is 0 Å². The zero-order chi connectivity index (χ0) is 16.9. The van der Waals surface area contributed by atoms with Crippen LogP contribution >= 0.6 is 22.7 Å². The van der Waals surface area contributed by atoms with Crippen LogP contribution in [0.3, 0.4) is 0 Å². The molecular weight excluding hydrogens is 338 g/mol. The molecule has 0 aromatic carbocycles. The average molecular weight is 364 g/mol. The van der Waals surface area contributed by atoms with E-state index in [0.717, 1.165) is 27.9 Å². The van der Waals surface area contributed by atoms with Crippen LogP contribution in [0.25, 0.3) is 9.88 Å². The average Bonchev–Trinajstić information content (AvgIpc) is 3.30. The van der Waals surface area contributed by atoms with Crippen LogP contribution in [0, 0.1) is 0 Å². The normalized spacial score (nSPS) is 15.8. The van der Waals surface area contributed by atoms with E-state index in [9.17, 15) is 4.79 Å². The number of rotatable bonds is 6. The van der Waals surface area contributed by atoms with Crippen molar-refractivity contribution in [1.82, 2.24) is 14.8 Å². The topological polar surface area (TPSA) is 36.4 Å². The molecule has 1 amide bonds. The monoisotopic (exact) mass is 363 g/mol. The van der Waals surface area contributed by atoms with Gasteiger partial charge in [-0.3, -0.25) is 4.79 Å². The Labute approximate surface area is 152 Å². The first kappa shape index (κ1) is 17.6. The summed E-state index contributed by atoms with van der Waals surface area (Å²) < 4.78 is 0. The van der Waals surface area contributed by atoms with E-state index in [2.05, 4.69) is 16.9 Å². The summed E-state index contributed by atoms with van der Waals surface area (Å²) in [5.74, 6) is 0.0763. The van der Waals surface area contributed by atoms with Gasteiger partial charge in [0.2, 0.25) is 0 Å². The lowest BCUT2D eigenvalue weighted by atomic mass is 9.94. The van der Waals surface area contributed by atoms with Gasteiger partial charge in [0.25, 0.3) is 5.91 Å². The van der Waals surface area contributed by atoms with Crippen LogP contribution in [0.5, 0.6) is 0 Å². The summed E-state index contributed by atoms with van der Waals surface area (Å²) >= 11 is 3.14. The summed E-state index contributed by atoms with van der Waals surface area (Å²) in [6, 6.07) is 4.74. The highest BCUT2D eigenvalue weighted by Crippen LogP contribution is 2.29. The Balaban J connectivity index is 1.53. The fourth-order valence-corrected chi connectivity index (χ4v) is 4.90. The molecule has 1 aliphatic rings. The van der Waals surface area contributed by atoms with Crippen LogP contribution in [0.1, 0.15) is 41.8 Å². The van der Waals surface area contributed by atoms with Gasteiger partial charge < -0.3 is 9.80 Å². The second kappa shape index (κ2) is 8.23. The van der Waals surface area contributed by atoms with Gasteiger partial charge in [-0.05, 0) is 31.3 Å². The molecule has 0 aliphatic heterocycles. The van der Waals surface area contributed by atoms with Gasteiger partial charge in [-0.2, -0.15) is 0 Å². The van der Waals surface area contributed by atoms with Crippen molar-refractivity contribution in [2.45, 2.75) is 38.1 Å². The third-order valence-electron chi connectivity index (χ3n) is 4.78. The molecule has 0 radical (unpaired) electrons. The van der Waals surface area contributed by atoms with E-state index < -0.39 is 0 Å². The number of hydrogen-bond donors (Lipinski definition) is 0. The van der Waals surface area contributed by atoms with Gasteiger partial charge in [0.1, 0.15) is 9.88 Å². The van der Waals surface area contributed by atoms with Gasteiger partial charge >= 0.3 is 0 Å². The fraction of sp³-hybridized carbons (Fsp3) is 0.556. The summed E-state index contributed by atoms with van der Waals surface area (Å²) in [6.45, 7) is 1.70. The first-order valence-electron chi connectivity index (χ1n) is 8.60. The lowest BCUT2D eigenvalue weighted by molar-refractivity contribution is 0.0772. The highest BCUT2D eigenvalue weighted by molar-refractivity contribution is 7.21. The van der Waals surface area contributed by atoms with E-state index >= 15 is 0 Å². The number of nitrogens with zero attached hydrogens (tertiary/aromatic N) is 3. The molecule has 2 heterocycles. The number of thiophene rings is 1. The summed E-state index contributed by atoms with van der Waals surface area (Å²) in [4.78, 5) is 23.1. The standard InChI is InChI=1S/C18H25N3OS2/c1-20(14-7-4-3-5-8-14)10-11-21(2)18(22)16-13-19-17(24-16)15-9-6-12-23-15/h6,9,12-14H,3-5,7-8,10-11H2,1-2H3. The number of likely N-dealkylation sites (N-methyl/N-ethyl adjacent to an activating group) is 2. The van der Waals surface area contributed by atoms with Crippen molar-refractivity contribution in [3.05, 3.63) is 28.6 Å². The van der Waals surface area contributed by atoms with Crippen molar-refractivity contribution >= 4 is 28.6 Å². The van der Waals surface area contributed by atoms with Crippen molar-refractivity contribution in [2.24, 2.45) is 0 Å². The van der Waals surface area contributed by atoms with Crippen LogP contribution in [0.15, 0.2) is 23.7 Å². The fourth-order valence-electron chi connectivity index (χ4n) is 3.19. The largest absolute Gasteiger partial charge is 0.340 e. The Morgan fingerprint density at radius 2 is 2.04 bits per heavy atom. The minimum Gasteiger partial charge on any atom is -0.340 e. The molecule has 0 bridgehead atoms. The number of amides is 1. The molecule has 2 aromatic rings. The van der Waals surface area contributed by atoms with Crippen molar-refractivity contribution in [1.29, 1.82) is 0 Å². The molecule has 1 fully saturated rings. The molecule has 0 N–H and O–H groups in total. The van der Waals surface area contributed by atoms with Gasteiger partial charge in [-0.15, -0.1) is 22.7 Å². The lowest BCUT2D eigenvalue weighted by Gasteiger charge is -2.32. The summed E-state index contributed by atoms with van der Waals surface area (Å²) in [7, 11) is 4.08. The van der Waals surface area contributed by atoms with Gasteiger partial charge in [-0.25, -0.2) is 4.98 Å². The van der Waals surface area contributed by atoms with E-state index in [1.807, 2.05) is 29.5 Å². The third-order valence-corrected chi connectivity index (χ3v) is 6.81. The molecule has 130 valence electrons. The molecule has 1 saturated carbocycles. The summed E-state index contributed by atoms with van der Waals surface area (Å²) in [5.41, 5.74) is 0. The van der Waals surface area contributed by atoms with E-state index in [1.54, 1.807) is 17.5 Å². The first-order valence-corrected chi connectivity index (χ1v) is 10.3. The summed E-state index contributed by atoms with van der Waals surface area (Å²) in [6.07, 6.45) is 8.37. The first-order chi connectivity index (χ1) is 11.6. The smallest absolute Gasteiger partial charge is 0.265 e. The van der Waals surface area contributed by atoms with Crippen molar-refractivity contribution in [2.75, 3.05) is 27.2 Å². The van der Waals surface area contributed by atoms with Crippen LogP contribution < -0.4 is 0 Å². The molecular formula is C18H25N3OS2. The van der Waals surface area contributed by atoms with Crippen LogP contribution in [-0.4, -0.2) is 53.9 Å². The zero-order valence-electron chi connectivity index (χ0n) is 14.4. The molecule has 2 aromatic heterocycles. The van der Waals surface area contributed by atoms with Gasteiger partial charge in [0, 0.05) is 26.2 Å². The van der Waals surface area contributed by atoms with E-state index in [0.29, 0.717) is 6.04 Å².